The number of hydrogen-bond donors (Lipinski definition) is 5. The number of nitrogens with one attached hydrogen (secondary N) is 2. The fourth-order valence-electron chi connectivity index (χ4n) is 4.18. The van der Waals surface area contributed by atoms with Crippen LogP contribution in [-0.2, 0) is 30.4 Å². The third-order valence-electron chi connectivity index (χ3n) is 6.52. The zero-order chi connectivity index (χ0) is 26.8. The lowest BCUT2D eigenvalue weighted by Gasteiger charge is -2.30. The summed E-state index contributed by atoms with van der Waals surface area (Å²) >= 11 is 0. The second kappa shape index (κ2) is 13.6. The maximum atomic E-state index is 13.2. The van der Waals surface area contributed by atoms with Gasteiger partial charge in [-0.2, -0.15) is 0 Å². The van der Waals surface area contributed by atoms with Crippen LogP contribution in [0.4, 0.5) is 0 Å². The molecule has 11 heteroatoms. The Morgan fingerprint density at radius 2 is 1.78 bits per heavy atom. The molecule has 1 saturated heterocycles. The summed E-state index contributed by atoms with van der Waals surface area (Å²) in [5.74, 6) is -4.21. The van der Waals surface area contributed by atoms with Crippen molar-refractivity contribution < 1.29 is 34.2 Å². The first-order valence-electron chi connectivity index (χ1n) is 12.2. The molecule has 198 valence electrons. The first kappa shape index (κ1) is 28.8. The Labute approximate surface area is 210 Å². The largest absolute Gasteiger partial charge is 0.481 e. The number of carbonyl (C=O) groups excluding carboxylic acids is 3. The summed E-state index contributed by atoms with van der Waals surface area (Å²) in [6.07, 6.45) is 1.26. The second-order valence-corrected chi connectivity index (χ2v) is 9.19. The molecule has 0 radical (unpaired) electrons. The van der Waals surface area contributed by atoms with Crippen LogP contribution >= 0.6 is 0 Å². The third-order valence-corrected chi connectivity index (χ3v) is 6.52. The van der Waals surface area contributed by atoms with E-state index in [9.17, 15) is 29.1 Å². The molecular formula is C25H36N4O7. The molecule has 0 aromatic heterocycles. The Balaban J connectivity index is 2.10. The number of likely N-dealkylation sites (tertiary alicyclic amines) is 1. The van der Waals surface area contributed by atoms with E-state index < -0.39 is 53.8 Å². The highest BCUT2D eigenvalue weighted by molar-refractivity contribution is 5.94. The highest BCUT2D eigenvalue weighted by atomic mass is 16.4. The number of benzene rings is 1. The summed E-state index contributed by atoms with van der Waals surface area (Å²) in [7, 11) is 0. The molecule has 0 bridgehead atoms. The van der Waals surface area contributed by atoms with Gasteiger partial charge in [-0.25, -0.2) is 4.79 Å². The van der Waals surface area contributed by atoms with E-state index in [0.29, 0.717) is 25.8 Å². The number of carboxylic acid groups (broad SMARTS) is 2. The van der Waals surface area contributed by atoms with Gasteiger partial charge in [0.15, 0.2) is 0 Å². The highest BCUT2D eigenvalue weighted by Crippen LogP contribution is 2.20. The minimum atomic E-state index is -1.19. The smallest absolute Gasteiger partial charge is 0.326 e. The molecule has 5 unspecified atom stereocenters. The second-order valence-electron chi connectivity index (χ2n) is 9.19. The molecule has 36 heavy (non-hydrogen) atoms. The lowest BCUT2D eigenvalue weighted by atomic mass is 9.96. The number of carboxylic acids is 2. The van der Waals surface area contributed by atoms with Crippen LogP contribution in [0.15, 0.2) is 30.3 Å². The predicted octanol–water partition coefficient (Wildman–Crippen LogP) is 0.513. The lowest BCUT2D eigenvalue weighted by molar-refractivity contribution is -0.143. The number of hydrogen-bond acceptors (Lipinski definition) is 6. The van der Waals surface area contributed by atoms with Crippen LogP contribution in [0.5, 0.6) is 0 Å². The van der Waals surface area contributed by atoms with E-state index in [1.165, 1.54) is 4.90 Å². The van der Waals surface area contributed by atoms with E-state index in [1.807, 2.05) is 13.0 Å². The summed E-state index contributed by atoms with van der Waals surface area (Å²) < 4.78 is 0. The van der Waals surface area contributed by atoms with Crippen LogP contribution < -0.4 is 16.4 Å². The van der Waals surface area contributed by atoms with Crippen molar-refractivity contribution in [2.75, 3.05) is 6.54 Å². The quantitative estimate of drug-likeness (QED) is 0.258. The minimum Gasteiger partial charge on any atom is -0.481 e. The average Bonchev–Trinajstić information content (AvgIpc) is 3.34. The van der Waals surface area contributed by atoms with E-state index in [1.54, 1.807) is 31.2 Å². The van der Waals surface area contributed by atoms with Crippen molar-refractivity contribution in [3.05, 3.63) is 35.9 Å². The fraction of sp³-hybridized carbons (Fsp3) is 0.560. The van der Waals surface area contributed by atoms with Crippen molar-refractivity contribution in [3.63, 3.8) is 0 Å². The van der Waals surface area contributed by atoms with Gasteiger partial charge in [-0.3, -0.25) is 19.2 Å². The van der Waals surface area contributed by atoms with Crippen molar-refractivity contribution in [2.45, 2.75) is 76.5 Å². The molecule has 0 aliphatic carbocycles. The van der Waals surface area contributed by atoms with Crippen LogP contribution in [0.2, 0.25) is 0 Å². The molecular weight excluding hydrogens is 468 g/mol. The molecule has 5 atom stereocenters. The molecule has 1 aliphatic heterocycles. The Hall–Kier alpha value is -3.47. The standard InChI is InChI=1S/C25H36N4O7/c1-3-15(2)21(23(33)27-18(25(35)36)14-16-8-5-4-6-9-16)28-22(32)19-10-7-13-29(19)24(34)17(26)11-12-20(30)31/h4-6,8-9,15,17-19,21H,3,7,10-14,26H2,1-2H3,(H,27,33)(H,28,32)(H,30,31)(H,35,36). The molecule has 11 nitrogen and oxygen atoms in total. The maximum absolute atomic E-state index is 13.2. The summed E-state index contributed by atoms with van der Waals surface area (Å²) in [4.78, 5) is 63.0. The Kier molecular flexibility index (Phi) is 10.8. The number of rotatable bonds is 13. The van der Waals surface area contributed by atoms with Gasteiger partial charge in [0.1, 0.15) is 18.1 Å². The van der Waals surface area contributed by atoms with Gasteiger partial charge in [-0.15, -0.1) is 0 Å². The van der Waals surface area contributed by atoms with E-state index in [4.69, 9.17) is 10.8 Å². The number of aliphatic carboxylic acids is 2. The predicted molar refractivity (Wildman–Crippen MR) is 131 cm³/mol. The Morgan fingerprint density at radius 3 is 2.36 bits per heavy atom. The van der Waals surface area contributed by atoms with Crippen molar-refractivity contribution in [2.24, 2.45) is 11.7 Å². The molecule has 6 N–H and O–H groups in total. The molecule has 1 heterocycles. The first-order chi connectivity index (χ1) is 17.0. The van der Waals surface area contributed by atoms with Gasteiger partial charge in [0, 0.05) is 19.4 Å². The van der Waals surface area contributed by atoms with Gasteiger partial charge < -0.3 is 31.5 Å². The average molecular weight is 505 g/mol. The lowest BCUT2D eigenvalue weighted by Crippen LogP contribution is -2.58. The maximum Gasteiger partial charge on any atom is 0.326 e. The molecule has 2 rings (SSSR count). The summed E-state index contributed by atoms with van der Waals surface area (Å²) in [6.45, 7) is 3.93. The van der Waals surface area contributed by atoms with E-state index in [2.05, 4.69) is 10.6 Å². The van der Waals surface area contributed by atoms with Crippen LogP contribution in [0, 0.1) is 5.92 Å². The van der Waals surface area contributed by atoms with E-state index >= 15 is 0 Å². The summed E-state index contributed by atoms with van der Waals surface area (Å²) in [5, 5.41) is 23.7. The van der Waals surface area contributed by atoms with Gasteiger partial charge in [0.25, 0.3) is 0 Å². The van der Waals surface area contributed by atoms with Gasteiger partial charge in [0.2, 0.25) is 17.7 Å². The first-order valence-corrected chi connectivity index (χ1v) is 12.2. The molecule has 1 aliphatic rings. The van der Waals surface area contributed by atoms with Gasteiger partial charge in [-0.05, 0) is 30.7 Å². The number of nitrogens with zero attached hydrogens (tertiary/aromatic N) is 1. The molecule has 1 aromatic rings. The number of carbonyl (C=O) groups is 5. The van der Waals surface area contributed by atoms with Crippen molar-refractivity contribution >= 4 is 29.7 Å². The SMILES string of the molecule is CCC(C)C(NC(=O)C1CCCN1C(=O)C(N)CCC(=O)O)C(=O)NC(Cc1ccccc1)C(=O)O. The fourth-order valence-corrected chi connectivity index (χ4v) is 4.18. The molecule has 1 aromatic carbocycles. The zero-order valence-electron chi connectivity index (χ0n) is 20.7. The summed E-state index contributed by atoms with van der Waals surface area (Å²) in [6, 6.07) is 4.83. The molecule has 1 fully saturated rings. The molecule has 0 spiro atoms. The number of amides is 3. The topological polar surface area (TPSA) is 179 Å². The van der Waals surface area contributed by atoms with Crippen molar-refractivity contribution in [1.29, 1.82) is 0 Å². The molecule has 3 amide bonds. The van der Waals surface area contributed by atoms with E-state index in [0.717, 1.165) is 5.56 Å². The number of nitrogens with two attached hydrogens (primary N) is 1. The van der Waals surface area contributed by atoms with Gasteiger partial charge >= 0.3 is 11.9 Å². The van der Waals surface area contributed by atoms with Crippen LogP contribution in [0.3, 0.4) is 0 Å². The van der Waals surface area contributed by atoms with Crippen molar-refractivity contribution in [1.82, 2.24) is 15.5 Å². The minimum absolute atomic E-state index is 0.0467. The normalized spacial score (nSPS) is 18.5. The van der Waals surface area contributed by atoms with Gasteiger partial charge in [0.05, 0.1) is 6.04 Å². The Bertz CT molecular complexity index is 940. The zero-order valence-corrected chi connectivity index (χ0v) is 20.7. The Morgan fingerprint density at radius 1 is 1.11 bits per heavy atom. The van der Waals surface area contributed by atoms with Crippen LogP contribution in [0.1, 0.15) is 51.5 Å². The highest BCUT2D eigenvalue weighted by Gasteiger charge is 2.38. The summed E-state index contributed by atoms with van der Waals surface area (Å²) in [5.41, 5.74) is 6.61. The van der Waals surface area contributed by atoms with Gasteiger partial charge in [-0.1, -0.05) is 50.6 Å². The third kappa shape index (κ3) is 8.04. The van der Waals surface area contributed by atoms with Crippen LogP contribution in [0.25, 0.3) is 0 Å². The molecule has 0 saturated carbocycles. The monoisotopic (exact) mass is 504 g/mol. The van der Waals surface area contributed by atoms with Crippen molar-refractivity contribution in [3.8, 4) is 0 Å². The van der Waals surface area contributed by atoms with E-state index in [-0.39, 0.29) is 25.2 Å². The van der Waals surface area contributed by atoms with Crippen LogP contribution in [-0.4, -0.2) is 75.5 Å².